The second kappa shape index (κ2) is 9.06. The Morgan fingerprint density at radius 2 is 1.81 bits per heavy atom. The molecule has 0 aliphatic carbocycles. The zero-order valence-electron chi connectivity index (χ0n) is 14.6. The van der Waals surface area contributed by atoms with Crippen LogP contribution in [0, 0.1) is 5.82 Å². The Kier molecular flexibility index (Phi) is 7.06. The van der Waals surface area contributed by atoms with Crippen molar-refractivity contribution in [2.75, 3.05) is 45.8 Å². The summed E-state index contributed by atoms with van der Waals surface area (Å²) in [6, 6.07) is 4.91. The van der Waals surface area contributed by atoms with Gasteiger partial charge in [0.25, 0.3) is 0 Å². The van der Waals surface area contributed by atoms with Gasteiger partial charge in [0, 0.05) is 32.7 Å². The summed E-state index contributed by atoms with van der Waals surface area (Å²) in [6.07, 6.45) is 0. The Balaban J connectivity index is 1.83. The number of rotatable bonds is 7. The molecule has 0 atom stereocenters. The first kappa shape index (κ1) is 20.3. The van der Waals surface area contributed by atoms with E-state index in [1.807, 2.05) is 4.90 Å². The Morgan fingerprint density at radius 1 is 1.12 bits per heavy atom. The SMILES string of the molecule is CCNC(=O)CNC(=O)CN1CCN(S(=O)(=O)c2cccc(F)c2)CC1. The molecule has 2 amide bonds. The van der Waals surface area contributed by atoms with Crippen molar-refractivity contribution in [2.24, 2.45) is 0 Å². The van der Waals surface area contributed by atoms with Gasteiger partial charge in [0.15, 0.2) is 0 Å². The summed E-state index contributed by atoms with van der Waals surface area (Å²) in [5.41, 5.74) is 0. The van der Waals surface area contributed by atoms with Gasteiger partial charge in [0.2, 0.25) is 21.8 Å². The number of carbonyl (C=O) groups excluding carboxylic acids is 2. The molecule has 0 bridgehead atoms. The average molecular weight is 386 g/mol. The zero-order chi connectivity index (χ0) is 19.2. The van der Waals surface area contributed by atoms with Crippen LogP contribution in [0.5, 0.6) is 0 Å². The molecule has 10 heteroatoms. The molecule has 1 aromatic carbocycles. The minimum atomic E-state index is -3.75. The number of hydrogen-bond acceptors (Lipinski definition) is 5. The van der Waals surface area contributed by atoms with E-state index in [-0.39, 0.29) is 42.9 Å². The first-order chi connectivity index (χ1) is 12.3. The lowest BCUT2D eigenvalue weighted by molar-refractivity contribution is -0.126. The van der Waals surface area contributed by atoms with Gasteiger partial charge in [-0.05, 0) is 25.1 Å². The molecular weight excluding hydrogens is 363 g/mol. The van der Waals surface area contributed by atoms with Crippen molar-refractivity contribution >= 4 is 21.8 Å². The number of nitrogens with one attached hydrogen (secondary N) is 2. The van der Waals surface area contributed by atoms with Gasteiger partial charge < -0.3 is 10.6 Å². The second-order valence-corrected chi connectivity index (χ2v) is 7.81. The molecule has 1 aliphatic heterocycles. The third-order valence-electron chi connectivity index (χ3n) is 3.95. The van der Waals surface area contributed by atoms with E-state index < -0.39 is 15.8 Å². The number of carbonyl (C=O) groups is 2. The molecular formula is C16H23FN4O4S. The largest absolute Gasteiger partial charge is 0.355 e. The van der Waals surface area contributed by atoms with Crippen molar-refractivity contribution < 1.29 is 22.4 Å². The monoisotopic (exact) mass is 386 g/mol. The van der Waals surface area contributed by atoms with Gasteiger partial charge in [-0.2, -0.15) is 4.31 Å². The normalized spacial score (nSPS) is 16.2. The molecule has 2 N–H and O–H groups in total. The summed E-state index contributed by atoms with van der Waals surface area (Å²) in [7, 11) is -3.75. The van der Waals surface area contributed by atoms with Crippen LogP contribution < -0.4 is 10.6 Å². The van der Waals surface area contributed by atoms with Crippen LogP contribution in [-0.4, -0.2) is 75.3 Å². The van der Waals surface area contributed by atoms with Crippen LogP contribution in [0.1, 0.15) is 6.92 Å². The quantitative estimate of drug-likeness (QED) is 0.651. The Morgan fingerprint density at radius 3 is 2.42 bits per heavy atom. The highest BCUT2D eigenvalue weighted by Gasteiger charge is 2.29. The van der Waals surface area contributed by atoms with Crippen molar-refractivity contribution in [3.63, 3.8) is 0 Å². The summed E-state index contributed by atoms with van der Waals surface area (Å²) < 4.78 is 39.6. The van der Waals surface area contributed by atoms with Gasteiger partial charge in [-0.25, -0.2) is 12.8 Å². The fourth-order valence-corrected chi connectivity index (χ4v) is 4.06. The van der Waals surface area contributed by atoms with Gasteiger partial charge in [-0.3, -0.25) is 14.5 Å². The van der Waals surface area contributed by atoms with E-state index in [0.717, 1.165) is 6.07 Å². The predicted molar refractivity (Wildman–Crippen MR) is 93.3 cm³/mol. The van der Waals surface area contributed by atoms with Crippen LogP contribution in [0.4, 0.5) is 4.39 Å². The molecule has 0 radical (unpaired) electrons. The van der Waals surface area contributed by atoms with Gasteiger partial charge in [0.05, 0.1) is 18.0 Å². The number of likely N-dealkylation sites (N-methyl/N-ethyl adjacent to an activating group) is 1. The summed E-state index contributed by atoms with van der Waals surface area (Å²) >= 11 is 0. The van der Waals surface area contributed by atoms with Crippen molar-refractivity contribution in [1.29, 1.82) is 0 Å². The Labute approximate surface area is 152 Å². The number of benzene rings is 1. The van der Waals surface area contributed by atoms with Crippen LogP contribution in [0.2, 0.25) is 0 Å². The van der Waals surface area contributed by atoms with Crippen molar-refractivity contribution in [3.05, 3.63) is 30.1 Å². The fraction of sp³-hybridized carbons (Fsp3) is 0.500. The van der Waals surface area contributed by atoms with Gasteiger partial charge >= 0.3 is 0 Å². The smallest absolute Gasteiger partial charge is 0.243 e. The predicted octanol–water partition coefficient (Wildman–Crippen LogP) is -0.616. The molecule has 144 valence electrons. The number of piperazine rings is 1. The van der Waals surface area contributed by atoms with Gasteiger partial charge in [0.1, 0.15) is 5.82 Å². The van der Waals surface area contributed by atoms with E-state index in [2.05, 4.69) is 10.6 Å². The average Bonchev–Trinajstić information content (AvgIpc) is 2.61. The summed E-state index contributed by atoms with van der Waals surface area (Å²) in [5.74, 6) is -1.15. The van der Waals surface area contributed by atoms with E-state index in [4.69, 9.17) is 0 Å². The zero-order valence-corrected chi connectivity index (χ0v) is 15.4. The molecule has 8 nitrogen and oxygen atoms in total. The maximum Gasteiger partial charge on any atom is 0.243 e. The molecule has 0 spiro atoms. The number of amides is 2. The van der Waals surface area contributed by atoms with E-state index in [0.29, 0.717) is 19.6 Å². The van der Waals surface area contributed by atoms with E-state index in [1.54, 1.807) is 6.92 Å². The molecule has 1 saturated heterocycles. The van der Waals surface area contributed by atoms with Crippen molar-refractivity contribution in [2.45, 2.75) is 11.8 Å². The van der Waals surface area contributed by atoms with E-state index >= 15 is 0 Å². The first-order valence-corrected chi connectivity index (χ1v) is 9.78. The molecule has 0 saturated carbocycles. The van der Waals surface area contributed by atoms with E-state index in [1.165, 1.54) is 22.5 Å². The molecule has 1 aliphatic rings. The molecule has 1 aromatic rings. The van der Waals surface area contributed by atoms with E-state index in [9.17, 15) is 22.4 Å². The Hall–Kier alpha value is -2.04. The topological polar surface area (TPSA) is 98.8 Å². The highest BCUT2D eigenvalue weighted by atomic mass is 32.2. The molecule has 0 unspecified atom stereocenters. The molecule has 0 aromatic heterocycles. The van der Waals surface area contributed by atoms with Crippen LogP contribution in [-0.2, 0) is 19.6 Å². The summed E-state index contributed by atoms with van der Waals surface area (Å²) in [4.78, 5) is 24.9. The standard InChI is InChI=1S/C16H23FN4O4S/c1-2-18-15(22)11-19-16(23)12-20-6-8-21(9-7-20)26(24,25)14-5-3-4-13(17)10-14/h3-5,10H,2,6-9,11-12H2,1H3,(H,18,22)(H,19,23). The van der Waals surface area contributed by atoms with Crippen LogP contribution in [0.3, 0.4) is 0 Å². The minimum Gasteiger partial charge on any atom is -0.355 e. The third kappa shape index (κ3) is 5.48. The van der Waals surface area contributed by atoms with Crippen LogP contribution in [0.25, 0.3) is 0 Å². The Bertz CT molecular complexity index is 748. The second-order valence-electron chi connectivity index (χ2n) is 5.87. The molecule has 1 fully saturated rings. The molecule has 26 heavy (non-hydrogen) atoms. The fourth-order valence-electron chi connectivity index (χ4n) is 2.60. The highest BCUT2D eigenvalue weighted by molar-refractivity contribution is 7.89. The molecule has 2 rings (SSSR count). The first-order valence-electron chi connectivity index (χ1n) is 8.34. The minimum absolute atomic E-state index is 0.0781. The maximum atomic E-state index is 13.3. The van der Waals surface area contributed by atoms with Gasteiger partial charge in [-0.1, -0.05) is 6.07 Å². The van der Waals surface area contributed by atoms with Crippen LogP contribution >= 0.6 is 0 Å². The van der Waals surface area contributed by atoms with Gasteiger partial charge in [-0.15, -0.1) is 0 Å². The lowest BCUT2D eigenvalue weighted by Crippen LogP contribution is -2.51. The number of hydrogen-bond donors (Lipinski definition) is 2. The van der Waals surface area contributed by atoms with Crippen molar-refractivity contribution in [3.8, 4) is 0 Å². The maximum absolute atomic E-state index is 13.3. The highest BCUT2D eigenvalue weighted by Crippen LogP contribution is 2.18. The number of nitrogens with zero attached hydrogens (tertiary/aromatic N) is 2. The third-order valence-corrected chi connectivity index (χ3v) is 5.85. The lowest BCUT2D eigenvalue weighted by atomic mass is 10.3. The lowest BCUT2D eigenvalue weighted by Gasteiger charge is -2.33. The van der Waals surface area contributed by atoms with Crippen molar-refractivity contribution in [1.82, 2.24) is 19.8 Å². The number of sulfonamides is 1. The van der Waals surface area contributed by atoms with Crippen LogP contribution in [0.15, 0.2) is 29.2 Å². The summed E-state index contributed by atoms with van der Waals surface area (Å²) in [5, 5.41) is 5.10. The molecule has 1 heterocycles. The summed E-state index contributed by atoms with van der Waals surface area (Å²) in [6.45, 7) is 3.47. The number of halogens is 1.